The van der Waals surface area contributed by atoms with Crippen LogP contribution in [0.4, 0.5) is 0 Å². The predicted octanol–water partition coefficient (Wildman–Crippen LogP) is 3.12. The first-order valence-electron chi connectivity index (χ1n) is 6.07. The second kappa shape index (κ2) is 5.91. The van der Waals surface area contributed by atoms with E-state index in [1.807, 2.05) is 37.3 Å². The molecule has 0 N–H and O–H groups in total. The molecule has 20 heavy (non-hydrogen) atoms. The Hall–Kier alpha value is -1.43. The zero-order chi connectivity index (χ0) is 14.8. The van der Waals surface area contributed by atoms with E-state index < -0.39 is 10.0 Å². The highest BCUT2D eigenvalue weighted by atomic mass is 35.5. The fourth-order valence-electron chi connectivity index (χ4n) is 1.86. The summed E-state index contributed by atoms with van der Waals surface area (Å²) in [7, 11) is -2.04. The van der Waals surface area contributed by atoms with Crippen LogP contribution in [-0.2, 0) is 10.0 Å². The van der Waals surface area contributed by atoms with Crippen LogP contribution in [0, 0.1) is 0 Å². The summed E-state index contributed by atoms with van der Waals surface area (Å²) in [5.41, 5.74) is 0.929. The van der Waals surface area contributed by atoms with Crippen molar-refractivity contribution in [2.45, 2.75) is 17.9 Å². The van der Waals surface area contributed by atoms with Gasteiger partial charge in [0.05, 0.1) is 4.90 Å². The molecule has 0 saturated carbocycles. The van der Waals surface area contributed by atoms with Crippen molar-refractivity contribution >= 4 is 21.6 Å². The van der Waals surface area contributed by atoms with Gasteiger partial charge < -0.3 is 0 Å². The Morgan fingerprint density at radius 1 is 1.20 bits per heavy atom. The highest BCUT2D eigenvalue weighted by molar-refractivity contribution is 7.89. The van der Waals surface area contributed by atoms with E-state index in [0.717, 1.165) is 5.56 Å². The molecule has 0 amide bonds. The van der Waals surface area contributed by atoms with E-state index in [-0.39, 0.29) is 16.1 Å². The second-order valence-electron chi connectivity index (χ2n) is 4.42. The van der Waals surface area contributed by atoms with Crippen molar-refractivity contribution in [3.8, 4) is 0 Å². The number of hydrogen-bond donors (Lipinski definition) is 0. The van der Waals surface area contributed by atoms with E-state index in [0.29, 0.717) is 0 Å². The summed E-state index contributed by atoms with van der Waals surface area (Å²) in [5.74, 6) is 0. The van der Waals surface area contributed by atoms with Crippen molar-refractivity contribution < 1.29 is 8.42 Å². The van der Waals surface area contributed by atoms with E-state index in [9.17, 15) is 8.42 Å². The molecule has 1 atom stereocenters. The van der Waals surface area contributed by atoms with Gasteiger partial charge in [0.15, 0.2) is 0 Å². The Labute approximate surface area is 124 Å². The van der Waals surface area contributed by atoms with E-state index in [4.69, 9.17) is 11.6 Å². The summed E-state index contributed by atoms with van der Waals surface area (Å²) >= 11 is 5.76. The van der Waals surface area contributed by atoms with Crippen molar-refractivity contribution in [2.75, 3.05) is 7.05 Å². The highest BCUT2D eigenvalue weighted by Gasteiger charge is 2.26. The van der Waals surface area contributed by atoms with Crippen LogP contribution in [0.25, 0.3) is 0 Å². The Morgan fingerprint density at radius 3 is 2.45 bits per heavy atom. The lowest BCUT2D eigenvalue weighted by molar-refractivity contribution is 0.398. The molecule has 0 aliphatic rings. The second-order valence-corrected chi connectivity index (χ2v) is 6.81. The minimum absolute atomic E-state index is 0.141. The number of aromatic nitrogens is 1. The number of rotatable bonds is 4. The van der Waals surface area contributed by atoms with Gasteiger partial charge in [0.25, 0.3) is 0 Å². The fourth-order valence-corrected chi connectivity index (χ4v) is 3.46. The molecular weight excluding hydrogens is 296 g/mol. The standard InChI is InChI=1S/C14H15ClN2O2S/c1-11(12-6-4-3-5-7-12)17(2)20(18,19)13-8-9-16-14(15)10-13/h3-11H,1-2H3. The third-order valence-electron chi connectivity index (χ3n) is 3.20. The van der Waals surface area contributed by atoms with E-state index in [2.05, 4.69) is 4.98 Å². The van der Waals surface area contributed by atoms with Crippen molar-refractivity contribution in [1.29, 1.82) is 0 Å². The topological polar surface area (TPSA) is 50.3 Å². The number of nitrogens with zero attached hydrogens (tertiary/aromatic N) is 2. The van der Waals surface area contributed by atoms with Gasteiger partial charge in [-0.15, -0.1) is 0 Å². The summed E-state index contributed by atoms with van der Waals surface area (Å²) in [6.45, 7) is 1.84. The van der Waals surface area contributed by atoms with Gasteiger partial charge in [0, 0.05) is 19.3 Å². The van der Waals surface area contributed by atoms with Gasteiger partial charge in [-0.05, 0) is 24.6 Å². The molecule has 0 radical (unpaired) electrons. The maximum atomic E-state index is 12.5. The quantitative estimate of drug-likeness (QED) is 0.815. The van der Waals surface area contributed by atoms with Gasteiger partial charge in [-0.25, -0.2) is 13.4 Å². The largest absolute Gasteiger partial charge is 0.244 e. The molecule has 0 aliphatic carbocycles. The Morgan fingerprint density at radius 2 is 1.85 bits per heavy atom. The van der Waals surface area contributed by atoms with Gasteiger partial charge in [-0.1, -0.05) is 41.9 Å². The van der Waals surface area contributed by atoms with Crippen LogP contribution in [0.2, 0.25) is 5.15 Å². The molecule has 1 aromatic carbocycles. The van der Waals surface area contributed by atoms with Crippen LogP contribution in [0.3, 0.4) is 0 Å². The summed E-state index contributed by atoms with van der Waals surface area (Å²) in [6, 6.07) is 12.0. The molecule has 2 aromatic rings. The number of hydrogen-bond acceptors (Lipinski definition) is 3. The number of pyridine rings is 1. The van der Waals surface area contributed by atoms with Crippen molar-refractivity contribution in [1.82, 2.24) is 9.29 Å². The van der Waals surface area contributed by atoms with E-state index in [1.54, 1.807) is 7.05 Å². The molecule has 1 unspecified atom stereocenters. The highest BCUT2D eigenvalue weighted by Crippen LogP contribution is 2.26. The first-order valence-corrected chi connectivity index (χ1v) is 7.89. The van der Waals surface area contributed by atoms with Crippen LogP contribution >= 0.6 is 11.6 Å². The molecule has 0 bridgehead atoms. The third kappa shape index (κ3) is 3.00. The average molecular weight is 311 g/mol. The smallest absolute Gasteiger partial charge is 0.243 e. The van der Waals surface area contributed by atoms with Crippen LogP contribution in [0.1, 0.15) is 18.5 Å². The van der Waals surface area contributed by atoms with Crippen LogP contribution in [0.15, 0.2) is 53.6 Å². The molecule has 4 nitrogen and oxygen atoms in total. The molecule has 0 spiro atoms. The first-order chi connectivity index (χ1) is 9.43. The molecule has 1 aromatic heterocycles. The number of sulfonamides is 1. The summed E-state index contributed by atoms with van der Waals surface area (Å²) in [4.78, 5) is 3.94. The van der Waals surface area contributed by atoms with Crippen LogP contribution < -0.4 is 0 Å². The molecule has 0 fully saturated rings. The average Bonchev–Trinajstić information content (AvgIpc) is 2.46. The van der Waals surface area contributed by atoms with Gasteiger partial charge in [0.2, 0.25) is 10.0 Å². The minimum Gasteiger partial charge on any atom is -0.244 e. The minimum atomic E-state index is -3.60. The van der Waals surface area contributed by atoms with E-state index in [1.165, 1.54) is 22.6 Å². The maximum Gasteiger partial charge on any atom is 0.243 e. The summed E-state index contributed by atoms with van der Waals surface area (Å²) < 4.78 is 26.4. The lowest BCUT2D eigenvalue weighted by Gasteiger charge is -2.24. The normalized spacial score (nSPS) is 13.4. The third-order valence-corrected chi connectivity index (χ3v) is 5.33. The molecular formula is C14H15ClN2O2S. The zero-order valence-electron chi connectivity index (χ0n) is 11.2. The lowest BCUT2D eigenvalue weighted by atomic mass is 10.1. The van der Waals surface area contributed by atoms with Crippen LogP contribution in [0.5, 0.6) is 0 Å². The molecule has 6 heteroatoms. The molecule has 0 saturated heterocycles. The van der Waals surface area contributed by atoms with Gasteiger partial charge in [0.1, 0.15) is 5.15 Å². The monoisotopic (exact) mass is 310 g/mol. The Balaban J connectivity index is 2.35. The fraction of sp³-hybridized carbons (Fsp3) is 0.214. The van der Waals surface area contributed by atoms with Crippen molar-refractivity contribution in [3.63, 3.8) is 0 Å². The Kier molecular flexibility index (Phi) is 4.42. The predicted molar refractivity (Wildman–Crippen MR) is 79.1 cm³/mol. The van der Waals surface area contributed by atoms with E-state index >= 15 is 0 Å². The number of halogens is 1. The maximum absolute atomic E-state index is 12.5. The van der Waals surface area contributed by atoms with Crippen molar-refractivity contribution in [2.24, 2.45) is 0 Å². The molecule has 1 heterocycles. The van der Waals surface area contributed by atoms with Crippen LogP contribution in [-0.4, -0.2) is 24.8 Å². The Bertz CT molecular complexity index is 689. The molecule has 2 rings (SSSR count). The summed E-state index contributed by atoms with van der Waals surface area (Å²) in [5, 5.41) is 0.159. The zero-order valence-corrected chi connectivity index (χ0v) is 12.8. The molecule has 106 valence electrons. The SMILES string of the molecule is CC(c1ccccc1)N(C)S(=O)(=O)c1ccnc(Cl)c1. The van der Waals surface area contributed by atoms with Gasteiger partial charge in [-0.2, -0.15) is 4.31 Å². The number of benzene rings is 1. The van der Waals surface area contributed by atoms with Gasteiger partial charge >= 0.3 is 0 Å². The lowest BCUT2D eigenvalue weighted by Crippen LogP contribution is -2.29. The van der Waals surface area contributed by atoms with Crippen molar-refractivity contribution in [3.05, 3.63) is 59.4 Å². The summed E-state index contributed by atoms with van der Waals surface area (Å²) in [6.07, 6.45) is 1.39. The first kappa shape index (κ1) is 15.0. The van der Waals surface area contributed by atoms with Gasteiger partial charge in [-0.3, -0.25) is 0 Å². The molecule has 0 aliphatic heterocycles.